The zero-order valence-electron chi connectivity index (χ0n) is 11.8. The van der Waals surface area contributed by atoms with E-state index in [4.69, 9.17) is 9.15 Å². The van der Waals surface area contributed by atoms with Gasteiger partial charge in [0.2, 0.25) is 0 Å². The van der Waals surface area contributed by atoms with E-state index in [0.717, 1.165) is 18.8 Å². The van der Waals surface area contributed by atoms with Crippen LogP contribution in [0.2, 0.25) is 0 Å². The molecule has 1 aromatic carbocycles. The van der Waals surface area contributed by atoms with Crippen LogP contribution in [0.1, 0.15) is 28.5 Å². The molecule has 0 saturated heterocycles. The Morgan fingerprint density at radius 3 is 2.47 bits per heavy atom. The lowest BCUT2D eigenvalue weighted by molar-refractivity contribution is 0.202. The molecule has 0 aliphatic carbocycles. The lowest BCUT2D eigenvalue weighted by Gasteiger charge is -2.16. The van der Waals surface area contributed by atoms with Crippen molar-refractivity contribution in [3.05, 3.63) is 59.0 Å². The SMILES string of the molecule is CNC(c1ccc(CCOC)cc1)c1ccoc1C. The Hall–Kier alpha value is -1.58. The summed E-state index contributed by atoms with van der Waals surface area (Å²) >= 11 is 0. The van der Waals surface area contributed by atoms with E-state index in [1.807, 2.05) is 20.0 Å². The summed E-state index contributed by atoms with van der Waals surface area (Å²) in [6.45, 7) is 2.75. The second-order valence-electron chi connectivity index (χ2n) is 4.64. The van der Waals surface area contributed by atoms with E-state index in [9.17, 15) is 0 Å². The highest BCUT2D eigenvalue weighted by Gasteiger charge is 2.15. The van der Waals surface area contributed by atoms with E-state index in [1.54, 1.807) is 13.4 Å². The van der Waals surface area contributed by atoms with E-state index in [1.165, 1.54) is 16.7 Å². The van der Waals surface area contributed by atoms with Gasteiger partial charge in [-0.25, -0.2) is 0 Å². The Balaban J connectivity index is 2.18. The summed E-state index contributed by atoms with van der Waals surface area (Å²) in [6, 6.07) is 10.9. The van der Waals surface area contributed by atoms with Gasteiger partial charge in [0.15, 0.2) is 0 Å². The lowest BCUT2D eigenvalue weighted by atomic mass is 9.98. The molecule has 19 heavy (non-hydrogen) atoms. The van der Waals surface area contributed by atoms with Gasteiger partial charge in [0.25, 0.3) is 0 Å². The molecule has 0 aliphatic rings. The molecule has 0 radical (unpaired) electrons. The molecule has 1 aromatic heterocycles. The maximum absolute atomic E-state index is 5.39. The van der Waals surface area contributed by atoms with Gasteiger partial charge in [0.05, 0.1) is 18.9 Å². The first-order chi connectivity index (χ1) is 9.26. The first kappa shape index (κ1) is 13.8. The van der Waals surface area contributed by atoms with E-state index in [-0.39, 0.29) is 6.04 Å². The van der Waals surface area contributed by atoms with Crippen LogP contribution in [0, 0.1) is 6.92 Å². The highest BCUT2D eigenvalue weighted by atomic mass is 16.5. The van der Waals surface area contributed by atoms with Gasteiger partial charge in [-0.15, -0.1) is 0 Å². The normalized spacial score (nSPS) is 12.6. The molecule has 1 N–H and O–H groups in total. The smallest absolute Gasteiger partial charge is 0.105 e. The molecule has 0 spiro atoms. The van der Waals surface area contributed by atoms with Crippen LogP contribution in [0.25, 0.3) is 0 Å². The zero-order chi connectivity index (χ0) is 13.7. The average Bonchev–Trinajstić information content (AvgIpc) is 2.85. The van der Waals surface area contributed by atoms with Crippen molar-refractivity contribution in [3.63, 3.8) is 0 Å². The summed E-state index contributed by atoms with van der Waals surface area (Å²) in [6.07, 6.45) is 2.69. The topological polar surface area (TPSA) is 34.4 Å². The molecule has 0 saturated carbocycles. The minimum Gasteiger partial charge on any atom is -0.469 e. The molecular formula is C16H21NO2. The Kier molecular flexibility index (Phi) is 4.77. The molecule has 2 rings (SSSR count). The Labute approximate surface area is 114 Å². The summed E-state index contributed by atoms with van der Waals surface area (Å²) in [5, 5.41) is 3.34. The molecule has 0 fully saturated rings. The number of hydrogen-bond donors (Lipinski definition) is 1. The molecule has 1 heterocycles. The fourth-order valence-electron chi connectivity index (χ4n) is 2.29. The van der Waals surface area contributed by atoms with Crippen molar-refractivity contribution in [2.75, 3.05) is 20.8 Å². The molecule has 102 valence electrons. The summed E-state index contributed by atoms with van der Waals surface area (Å²) < 4.78 is 10.5. The van der Waals surface area contributed by atoms with Crippen LogP contribution in [0.15, 0.2) is 41.0 Å². The molecule has 3 heteroatoms. The van der Waals surface area contributed by atoms with E-state index in [0.29, 0.717) is 0 Å². The van der Waals surface area contributed by atoms with Crippen LogP contribution >= 0.6 is 0 Å². The predicted octanol–water partition coefficient (Wildman–Crippen LogP) is 3.09. The predicted molar refractivity (Wildman–Crippen MR) is 76.4 cm³/mol. The minimum absolute atomic E-state index is 0.176. The third-order valence-corrected chi connectivity index (χ3v) is 3.41. The van der Waals surface area contributed by atoms with Gasteiger partial charge in [-0.2, -0.15) is 0 Å². The van der Waals surface area contributed by atoms with Gasteiger partial charge in [-0.3, -0.25) is 0 Å². The molecule has 0 bridgehead atoms. The number of ether oxygens (including phenoxy) is 1. The maximum atomic E-state index is 5.39. The number of benzene rings is 1. The highest BCUT2D eigenvalue weighted by Crippen LogP contribution is 2.25. The molecule has 3 nitrogen and oxygen atoms in total. The highest BCUT2D eigenvalue weighted by molar-refractivity contribution is 5.34. The van der Waals surface area contributed by atoms with E-state index in [2.05, 4.69) is 29.6 Å². The van der Waals surface area contributed by atoms with Crippen molar-refractivity contribution in [1.29, 1.82) is 0 Å². The van der Waals surface area contributed by atoms with Crippen LogP contribution in [0.3, 0.4) is 0 Å². The fourth-order valence-corrected chi connectivity index (χ4v) is 2.29. The van der Waals surface area contributed by atoms with Crippen molar-refractivity contribution in [2.24, 2.45) is 0 Å². The summed E-state index contributed by atoms with van der Waals surface area (Å²) in [5.74, 6) is 0.961. The van der Waals surface area contributed by atoms with Crippen LogP contribution < -0.4 is 5.32 Å². The third-order valence-electron chi connectivity index (χ3n) is 3.41. The van der Waals surface area contributed by atoms with Gasteiger partial charge < -0.3 is 14.5 Å². The number of hydrogen-bond acceptors (Lipinski definition) is 3. The lowest BCUT2D eigenvalue weighted by Crippen LogP contribution is -2.17. The summed E-state index contributed by atoms with van der Waals surface area (Å²) in [5.41, 5.74) is 3.73. The van der Waals surface area contributed by atoms with Crippen molar-refractivity contribution in [1.82, 2.24) is 5.32 Å². The van der Waals surface area contributed by atoms with Gasteiger partial charge in [-0.1, -0.05) is 24.3 Å². The monoisotopic (exact) mass is 259 g/mol. The second-order valence-corrected chi connectivity index (χ2v) is 4.64. The molecular weight excluding hydrogens is 238 g/mol. The summed E-state index contributed by atoms with van der Waals surface area (Å²) in [7, 11) is 3.70. The number of furan rings is 1. The van der Waals surface area contributed by atoms with Crippen molar-refractivity contribution in [2.45, 2.75) is 19.4 Å². The van der Waals surface area contributed by atoms with Gasteiger partial charge in [0, 0.05) is 12.7 Å². The number of nitrogens with one attached hydrogen (secondary N) is 1. The Morgan fingerprint density at radius 2 is 1.95 bits per heavy atom. The zero-order valence-corrected chi connectivity index (χ0v) is 11.8. The van der Waals surface area contributed by atoms with Crippen LogP contribution in [-0.4, -0.2) is 20.8 Å². The second kappa shape index (κ2) is 6.55. The number of aryl methyl sites for hydroxylation is 1. The molecule has 0 aliphatic heterocycles. The Morgan fingerprint density at radius 1 is 1.21 bits per heavy atom. The maximum Gasteiger partial charge on any atom is 0.105 e. The number of rotatable bonds is 6. The van der Waals surface area contributed by atoms with Gasteiger partial charge in [-0.05, 0) is 37.6 Å². The first-order valence-corrected chi connectivity index (χ1v) is 6.55. The van der Waals surface area contributed by atoms with Crippen molar-refractivity contribution in [3.8, 4) is 0 Å². The van der Waals surface area contributed by atoms with E-state index < -0.39 is 0 Å². The summed E-state index contributed by atoms with van der Waals surface area (Å²) in [4.78, 5) is 0. The molecule has 0 amide bonds. The van der Waals surface area contributed by atoms with E-state index >= 15 is 0 Å². The van der Waals surface area contributed by atoms with Crippen LogP contribution in [0.5, 0.6) is 0 Å². The molecule has 1 atom stereocenters. The molecule has 1 unspecified atom stereocenters. The first-order valence-electron chi connectivity index (χ1n) is 6.55. The van der Waals surface area contributed by atoms with Crippen LogP contribution in [0.4, 0.5) is 0 Å². The largest absolute Gasteiger partial charge is 0.469 e. The third kappa shape index (κ3) is 3.25. The minimum atomic E-state index is 0.176. The Bertz CT molecular complexity index is 502. The molecule has 2 aromatic rings. The van der Waals surface area contributed by atoms with Gasteiger partial charge >= 0.3 is 0 Å². The standard InChI is InChI=1S/C16H21NO2/c1-12-15(9-11-19-12)16(17-2)14-6-4-13(5-7-14)8-10-18-3/h4-7,9,11,16-17H,8,10H2,1-3H3. The van der Waals surface area contributed by atoms with Gasteiger partial charge in [0.1, 0.15) is 5.76 Å². The fraction of sp³-hybridized carbons (Fsp3) is 0.375. The van der Waals surface area contributed by atoms with Crippen molar-refractivity contribution >= 4 is 0 Å². The number of methoxy groups -OCH3 is 1. The van der Waals surface area contributed by atoms with Crippen molar-refractivity contribution < 1.29 is 9.15 Å². The quantitative estimate of drug-likeness (QED) is 0.865. The average molecular weight is 259 g/mol. The van der Waals surface area contributed by atoms with Crippen LogP contribution in [-0.2, 0) is 11.2 Å².